The minimum Gasteiger partial charge on any atom is -0.404 e. The molecule has 2 unspecified atom stereocenters. The molecule has 0 aromatic rings. The molecule has 2 aliphatic rings. The van der Waals surface area contributed by atoms with E-state index in [9.17, 15) is 4.79 Å². The predicted octanol–water partition coefficient (Wildman–Crippen LogP) is 0.323. The van der Waals surface area contributed by atoms with Crippen LogP contribution in [0.1, 0.15) is 6.92 Å². The normalized spacial score (nSPS) is 41.2. The van der Waals surface area contributed by atoms with Crippen LogP contribution in [-0.2, 0) is 19.0 Å². The molecule has 2 bridgehead atoms. The molecule has 0 amide bonds. The van der Waals surface area contributed by atoms with Gasteiger partial charge in [-0.2, -0.15) is 0 Å². The third-order valence-electron chi connectivity index (χ3n) is 1.51. The number of thioether (sulfide) groups is 1. The van der Waals surface area contributed by atoms with Gasteiger partial charge < -0.3 is 9.47 Å². The van der Waals surface area contributed by atoms with Crippen molar-refractivity contribution in [3.05, 3.63) is 0 Å². The van der Waals surface area contributed by atoms with Gasteiger partial charge in [-0.15, -0.1) is 11.8 Å². The highest BCUT2D eigenvalue weighted by molar-refractivity contribution is 8.00. The van der Waals surface area contributed by atoms with Gasteiger partial charge in [-0.25, -0.2) is 4.79 Å². The van der Waals surface area contributed by atoms with Gasteiger partial charge in [0.1, 0.15) is 0 Å². The summed E-state index contributed by atoms with van der Waals surface area (Å²) in [5.74, 6) is -0.798. The van der Waals surface area contributed by atoms with E-state index in [0.717, 1.165) is 0 Å². The lowest BCUT2D eigenvalue weighted by Crippen LogP contribution is -2.35. The van der Waals surface area contributed by atoms with Crippen molar-refractivity contribution in [3.63, 3.8) is 0 Å². The molecule has 0 aromatic heterocycles. The summed E-state index contributed by atoms with van der Waals surface area (Å²) in [6, 6.07) is 0. The highest BCUT2D eigenvalue weighted by Crippen LogP contribution is 2.42. The largest absolute Gasteiger partial charge is 0.404 e. The fourth-order valence-electron chi connectivity index (χ4n) is 1.10. The minimum absolute atomic E-state index is 0.324. The number of rotatable bonds is 2. The first-order chi connectivity index (χ1) is 5.26. The maximum atomic E-state index is 10.9. The summed E-state index contributed by atoms with van der Waals surface area (Å²) in [7, 11) is 0. The van der Waals surface area contributed by atoms with Crippen LogP contribution < -0.4 is 0 Å². The zero-order valence-electron chi connectivity index (χ0n) is 6.03. The van der Waals surface area contributed by atoms with Crippen LogP contribution >= 0.6 is 11.8 Å². The van der Waals surface area contributed by atoms with E-state index in [0.29, 0.717) is 12.4 Å². The molecule has 2 aliphatic heterocycles. The number of hydrogen-bond donors (Lipinski definition) is 0. The second-order valence-electron chi connectivity index (χ2n) is 2.30. The van der Waals surface area contributed by atoms with Crippen molar-refractivity contribution in [3.8, 4) is 0 Å². The summed E-state index contributed by atoms with van der Waals surface area (Å²) < 4.78 is 15.2. The summed E-state index contributed by atoms with van der Waals surface area (Å²) in [6.07, 6.45) is 0. The molecule has 2 heterocycles. The Kier molecular flexibility index (Phi) is 1.59. The molecule has 0 aromatic carbocycles. The van der Waals surface area contributed by atoms with Gasteiger partial charge in [0, 0.05) is 0 Å². The Hall–Kier alpha value is -0.260. The van der Waals surface area contributed by atoms with E-state index in [2.05, 4.69) is 0 Å². The lowest BCUT2D eigenvalue weighted by Gasteiger charge is -2.21. The van der Waals surface area contributed by atoms with Gasteiger partial charge in [-0.05, 0) is 6.92 Å². The highest BCUT2D eigenvalue weighted by Gasteiger charge is 2.56. The van der Waals surface area contributed by atoms with E-state index in [1.165, 1.54) is 11.8 Å². The Labute approximate surface area is 68.2 Å². The summed E-state index contributed by atoms with van der Waals surface area (Å²) >= 11 is 1.42. The molecule has 2 fully saturated rings. The number of carbonyl (C=O) groups is 1. The number of fused-ring (bicyclic) bond motifs is 2. The average molecular weight is 176 g/mol. The standard InChI is InChI=1S/C6H8O4S/c1-2-8-6-3-11-5(10-6)4(7)9-6/h5H,2-3H2,1H3. The van der Waals surface area contributed by atoms with Gasteiger partial charge in [0.05, 0.1) is 12.4 Å². The predicted molar refractivity (Wildman–Crippen MR) is 37.8 cm³/mol. The first-order valence-corrected chi connectivity index (χ1v) is 4.47. The number of hydrogen-bond acceptors (Lipinski definition) is 5. The summed E-state index contributed by atoms with van der Waals surface area (Å²) in [4.78, 5) is 10.9. The van der Waals surface area contributed by atoms with Crippen LogP contribution in [0.15, 0.2) is 0 Å². The van der Waals surface area contributed by atoms with Crippen molar-refractivity contribution in [2.45, 2.75) is 18.3 Å². The van der Waals surface area contributed by atoms with E-state index in [1.807, 2.05) is 6.92 Å². The van der Waals surface area contributed by atoms with Crippen LogP contribution in [0.4, 0.5) is 0 Å². The van der Waals surface area contributed by atoms with Crippen molar-refractivity contribution < 1.29 is 19.0 Å². The molecule has 0 spiro atoms. The highest BCUT2D eigenvalue weighted by atomic mass is 32.2. The lowest BCUT2D eigenvalue weighted by atomic mass is 10.6. The number of esters is 1. The fourth-order valence-corrected chi connectivity index (χ4v) is 2.07. The molecule has 2 atom stereocenters. The molecule has 11 heavy (non-hydrogen) atoms. The molecule has 2 rings (SSSR count). The molecule has 0 aliphatic carbocycles. The van der Waals surface area contributed by atoms with Gasteiger partial charge in [0.15, 0.2) is 0 Å². The van der Waals surface area contributed by atoms with Gasteiger partial charge in [0.25, 0.3) is 0 Å². The van der Waals surface area contributed by atoms with E-state index in [1.54, 1.807) is 0 Å². The van der Waals surface area contributed by atoms with E-state index >= 15 is 0 Å². The van der Waals surface area contributed by atoms with Gasteiger partial charge in [-0.3, -0.25) is 4.74 Å². The summed E-state index contributed by atoms with van der Waals surface area (Å²) in [5, 5.41) is 0. The SMILES string of the molecule is CCOC12CSC(O1)C(=O)O2. The molecule has 0 radical (unpaired) electrons. The first-order valence-electron chi connectivity index (χ1n) is 3.42. The van der Waals surface area contributed by atoms with E-state index < -0.39 is 11.4 Å². The van der Waals surface area contributed by atoms with Gasteiger partial charge >= 0.3 is 11.9 Å². The van der Waals surface area contributed by atoms with Crippen molar-refractivity contribution in [1.82, 2.24) is 0 Å². The summed E-state index contributed by atoms with van der Waals surface area (Å²) in [6.45, 7) is 2.32. The Bertz CT molecular complexity index is 195. The number of carbonyl (C=O) groups excluding carboxylic acids is 1. The molecule has 2 saturated heterocycles. The monoisotopic (exact) mass is 176 g/mol. The Morgan fingerprint density at radius 3 is 3.18 bits per heavy atom. The van der Waals surface area contributed by atoms with Crippen LogP contribution in [0, 0.1) is 0 Å². The molecule has 62 valence electrons. The van der Waals surface area contributed by atoms with Crippen LogP contribution in [0.25, 0.3) is 0 Å². The topological polar surface area (TPSA) is 44.8 Å². The van der Waals surface area contributed by atoms with Crippen molar-refractivity contribution >= 4 is 17.7 Å². The Morgan fingerprint density at radius 2 is 2.73 bits per heavy atom. The number of ether oxygens (including phenoxy) is 3. The zero-order valence-corrected chi connectivity index (χ0v) is 6.85. The molecular formula is C6H8O4S. The molecular weight excluding hydrogens is 168 g/mol. The van der Waals surface area contributed by atoms with Gasteiger partial charge in [-0.1, -0.05) is 0 Å². The Balaban J connectivity index is 2.11. The second kappa shape index (κ2) is 2.36. The third-order valence-corrected chi connectivity index (χ3v) is 2.62. The smallest absolute Gasteiger partial charge is 0.350 e. The lowest BCUT2D eigenvalue weighted by molar-refractivity contribution is -0.304. The second-order valence-corrected chi connectivity index (χ2v) is 3.35. The molecule has 0 saturated carbocycles. The maximum Gasteiger partial charge on any atom is 0.350 e. The van der Waals surface area contributed by atoms with Crippen molar-refractivity contribution in [1.29, 1.82) is 0 Å². The molecule has 5 heteroatoms. The minimum atomic E-state index is -1.05. The Morgan fingerprint density at radius 1 is 1.91 bits per heavy atom. The van der Waals surface area contributed by atoms with Crippen molar-refractivity contribution in [2.75, 3.05) is 12.4 Å². The first kappa shape index (κ1) is 7.39. The molecule has 4 nitrogen and oxygen atoms in total. The van der Waals surface area contributed by atoms with Crippen LogP contribution in [0.2, 0.25) is 0 Å². The molecule has 0 N–H and O–H groups in total. The van der Waals surface area contributed by atoms with Crippen LogP contribution in [-0.4, -0.2) is 29.7 Å². The average Bonchev–Trinajstić information content (AvgIpc) is 2.44. The van der Waals surface area contributed by atoms with Gasteiger partial charge in [0.2, 0.25) is 5.44 Å². The maximum absolute atomic E-state index is 10.9. The van der Waals surface area contributed by atoms with E-state index in [4.69, 9.17) is 14.2 Å². The zero-order chi connectivity index (χ0) is 7.90. The van der Waals surface area contributed by atoms with E-state index in [-0.39, 0.29) is 5.97 Å². The fraction of sp³-hybridized carbons (Fsp3) is 0.833. The summed E-state index contributed by atoms with van der Waals surface area (Å²) in [5.41, 5.74) is -0.457. The third kappa shape index (κ3) is 1.04. The van der Waals surface area contributed by atoms with Crippen LogP contribution in [0.5, 0.6) is 0 Å². The van der Waals surface area contributed by atoms with Crippen LogP contribution in [0.3, 0.4) is 0 Å². The van der Waals surface area contributed by atoms with Crippen molar-refractivity contribution in [2.24, 2.45) is 0 Å². The quantitative estimate of drug-likeness (QED) is 0.567.